The van der Waals surface area contributed by atoms with Crippen LogP contribution in [0.3, 0.4) is 0 Å². The van der Waals surface area contributed by atoms with E-state index in [0.717, 1.165) is 0 Å². The number of fused-ring (bicyclic) bond motifs is 1. The van der Waals surface area contributed by atoms with Crippen LogP contribution in [0.2, 0.25) is 10.0 Å². The standard InChI is InChI=1S/C27H26Cl2N8O3/c1-15-10-19-22(13-36(15)25(39)17-6-9-20(28)21(29)11-17)34-27(31-12-23-32-14-33-35(23)3)37(26(19)40)18-7-4-16(5-8-18)24(38)30-2/h4-9,11,14-15H,10,12-13H2,1-3H3,(H,30,38)(H,31,34)/t15-/m1/s1. The molecule has 1 atom stereocenters. The maximum absolute atomic E-state index is 13.9. The van der Waals surface area contributed by atoms with Gasteiger partial charge in [0.25, 0.3) is 17.4 Å². The Kier molecular flexibility index (Phi) is 7.59. The molecule has 2 amide bonds. The largest absolute Gasteiger partial charge is 0.355 e. The van der Waals surface area contributed by atoms with Gasteiger partial charge in [-0.1, -0.05) is 23.2 Å². The van der Waals surface area contributed by atoms with Crippen LogP contribution in [0.5, 0.6) is 0 Å². The zero-order valence-electron chi connectivity index (χ0n) is 22.0. The highest BCUT2D eigenvalue weighted by molar-refractivity contribution is 6.42. The quantitative estimate of drug-likeness (QED) is 0.358. The Hall–Kier alpha value is -4.22. The van der Waals surface area contributed by atoms with Crippen LogP contribution in [0.1, 0.15) is 44.7 Å². The summed E-state index contributed by atoms with van der Waals surface area (Å²) in [4.78, 5) is 50.1. The van der Waals surface area contributed by atoms with Crippen LogP contribution in [0.25, 0.3) is 5.69 Å². The number of hydrogen-bond donors (Lipinski definition) is 2. The second-order valence-corrected chi connectivity index (χ2v) is 10.2. The lowest BCUT2D eigenvalue weighted by Gasteiger charge is -2.34. The highest BCUT2D eigenvalue weighted by Gasteiger charge is 2.32. The summed E-state index contributed by atoms with van der Waals surface area (Å²) in [5.74, 6) is 0.444. The van der Waals surface area contributed by atoms with Gasteiger partial charge in [0.2, 0.25) is 5.95 Å². The van der Waals surface area contributed by atoms with Gasteiger partial charge in [0.1, 0.15) is 12.2 Å². The highest BCUT2D eigenvalue weighted by Crippen LogP contribution is 2.27. The minimum Gasteiger partial charge on any atom is -0.355 e. The molecule has 1 aliphatic rings. The van der Waals surface area contributed by atoms with Gasteiger partial charge < -0.3 is 15.5 Å². The fourth-order valence-corrected chi connectivity index (χ4v) is 4.93. The predicted octanol–water partition coefficient (Wildman–Crippen LogP) is 3.23. The molecule has 2 N–H and O–H groups in total. The van der Waals surface area contributed by atoms with Crippen molar-refractivity contribution in [3.8, 4) is 5.69 Å². The number of aryl methyl sites for hydroxylation is 1. The average molecular weight is 581 g/mol. The Morgan fingerprint density at radius 3 is 2.45 bits per heavy atom. The number of carbonyl (C=O) groups is 2. The third-order valence-corrected chi connectivity index (χ3v) is 7.60. The van der Waals surface area contributed by atoms with Gasteiger partial charge in [-0.15, -0.1) is 0 Å². The maximum atomic E-state index is 13.9. The topological polar surface area (TPSA) is 127 Å². The SMILES string of the molecule is CNC(=O)c1ccc(-n2c(NCc3ncnn3C)nc3c(c2=O)C[C@@H](C)N(C(=O)c2ccc(Cl)c(Cl)c2)C3)cc1. The summed E-state index contributed by atoms with van der Waals surface area (Å²) in [5, 5.41) is 10.5. The molecule has 4 aromatic rings. The first-order valence-electron chi connectivity index (χ1n) is 12.5. The number of aromatic nitrogens is 5. The summed E-state index contributed by atoms with van der Waals surface area (Å²) in [6.45, 7) is 2.28. The number of rotatable bonds is 6. The van der Waals surface area contributed by atoms with E-state index in [0.29, 0.717) is 45.3 Å². The van der Waals surface area contributed by atoms with Crippen molar-refractivity contribution in [3.63, 3.8) is 0 Å². The van der Waals surface area contributed by atoms with Crippen LogP contribution in [0, 0.1) is 0 Å². The fourth-order valence-electron chi connectivity index (χ4n) is 4.63. The van der Waals surface area contributed by atoms with E-state index in [1.165, 1.54) is 17.0 Å². The zero-order valence-corrected chi connectivity index (χ0v) is 23.5. The molecule has 0 saturated heterocycles. The monoisotopic (exact) mass is 580 g/mol. The molecule has 0 bridgehead atoms. The van der Waals surface area contributed by atoms with Crippen LogP contribution in [0.15, 0.2) is 53.6 Å². The summed E-state index contributed by atoms with van der Waals surface area (Å²) in [7, 11) is 3.32. The number of halogens is 2. The molecule has 40 heavy (non-hydrogen) atoms. The molecule has 0 radical (unpaired) electrons. The number of nitrogens with zero attached hydrogens (tertiary/aromatic N) is 6. The van der Waals surface area contributed by atoms with Crippen molar-refractivity contribution in [3.05, 3.63) is 97.4 Å². The Bertz CT molecular complexity index is 1670. The smallest absolute Gasteiger partial charge is 0.263 e. The lowest BCUT2D eigenvalue weighted by Crippen LogP contribution is -2.46. The van der Waals surface area contributed by atoms with Gasteiger partial charge in [0.05, 0.1) is 34.5 Å². The number of anilines is 1. The molecular formula is C27H26Cl2N8O3. The lowest BCUT2D eigenvalue weighted by atomic mass is 9.98. The normalized spacial score (nSPS) is 14.5. The molecule has 11 nitrogen and oxygen atoms in total. The van der Waals surface area contributed by atoms with Crippen molar-refractivity contribution in [1.82, 2.24) is 34.5 Å². The summed E-state index contributed by atoms with van der Waals surface area (Å²) >= 11 is 12.2. The van der Waals surface area contributed by atoms with Gasteiger partial charge >= 0.3 is 0 Å². The zero-order chi connectivity index (χ0) is 28.6. The molecular weight excluding hydrogens is 555 g/mol. The Labute approximate surface area is 239 Å². The number of carbonyl (C=O) groups excluding carboxylic acids is 2. The molecule has 0 fully saturated rings. The van der Waals surface area contributed by atoms with Crippen LogP contribution >= 0.6 is 23.2 Å². The molecule has 206 valence electrons. The number of hydrogen-bond acceptors (Lipinski definition) is 7. The second-order valence-electron chi connectivity index (χ2n) is 9.40. The van der Waals surface area contributed by atoms with Gasteiger partial charge in [-0.25, -0.2) is 14.5 Å². The van der Waals surface area contributed by atoms with Gasteiger partial charge in [-0.05, 0) is 55.8 Å². The van der Waals surface area contributed by atoms with E-state index in [4.69, 9.17) is 28.2 Å². The first-order chi connectivity index (χ1) is 19.2. The summed E-state index contributed by atoms with van der Waals surface area (Å²) in [6, 6.07) is 11.2. The average Bonchev–Trinajstić information content (AvgIpc) is 3.37. The van der Waals surface area contributed by atoms with Gasteiger partial charge in [0.15, 0.2) is 0 Å². The van der Waals surface area contributed by atoms with E-state index in [1.807, 2.05) is 6.92 Å². The minimum absolute atomic E-state index is 0.139. The molecule has 0 aliphatic carbocycles. The molecule has 5 rings (SSSR count). The Morgan fingerprint density at radius 1 is 1.07 bits per heavy atom. The molecule has 13 heteroatoms. The first kappa shape index (κ1) is 27.4. The second kappa shape index (κ2) is 11.1. The van der Waals surface area contributed by atoms with Crippen LogP contribution in [-0.4, -0.2) is 54.1 Å². The third-order valence-electron chi connectivity index (χ3n) is 6.87. The Morgan fingerprint density at radius 2 is 1.80 bits per heavy atom. The fraction of sp³-hybridized carbons (Fsp3) is 0.259. The van der Waals surface area contributed by atoms with Gasteiger partial charge in [-0.2, -0.15) is 5.10 Å². The summed E-state index contributed by atoms with van der Waals surface area (Å²) in [5.41, 5.74) is 2.15. The molecule has 0 saturated carbocycles. The van der Waals surface area contributed by atoms with Crippen LogP contribution in [0.4, 0.5) is 5.95 Å². The lowest BCUT2D eigenvalue weighted by molar-refractivity contribution is 0.0653. The van der Waals surface area contributed by atoms with Crippen molar-refractivity contribution in [2.45, 2.75) is 32.5 Å². The Balaban J connectivity index is 1.55. The van der Waals surface area contributed by atoms with Gasteiger partial charge in [0, 0.05) is 36.8 Å². The number of amides is 2. The van der Waals surface area contributed by atoms with E-state index in [-0.39, 0.29) is 47.5 Å². The maximum Gasteiger partial charge on any atom is 0.263 e. The van der Waals surface area contributed by atoms with Crippen LogP contribution < -0.4 is 16.2 Å². The van der Waals surface area contributed by atoms with E-state index < -0.39 is 0 Å². The molecule has 1 aliphatic heterocycles. The van der Waals surface area contributed by atoms with Crippen molar-refractivity contribution < 1.29 is 9.59 Å². The van der Waals surface area contributed by atoms with E-state index in [1.54, 1.807) is 60.1 Å². The van der Waals surface area contributed by atoms with Crippen molar-refractivity contribution in [1.29, 1.82) is 0 Å². The van der Waals surface area contributed by atoms with Crippen molar-refractivity contribution in [2.24, 2.45) is 7.05 Å². The molecule has 0 unspecified atom stereocenters. The number of nitrogens with one attached hydrogen (secondary N) is 2. The molecule has 2 aromatic carbocycles. The first-order valence-corrected chi connectivity index (χ1v) is 13.2. The van der Waals surface area contributed by atoms with E-state index >= 15 is 0 Å². The molecule has 0 spiro atoms. The van der Waals surface area contributed by atoms with Gasteiger partial charge in [-0.3, -0.25) is 19.1 Å². The number of benzene rings is 2. The van der Waals surface area contributed by atoms with Crippen molar-refractivity contribution in [2.75, 3.05) is 12.4 Å². The summed E-state index contributed by atoms with van der Waals surface area (Å²) < 4.78 is 3.09. The minimum atomic E-state index is -0.273. The molecule has 2 aromatic heterocycles. The third kappa shape index (κ3) is 5.17. The highest BCUT2D eigenvalue weighted by atomic mass is 35.5. The predicted molar refractivity (Wildman–Crippen MR) is 151 cm³/mol. The van der Waals surface area contributed by atoms with E-state index in [9.17, 15) is 14.4 Å². The van der Waals surface area contributed by atoms with Crippen molar-refractivity contribution >= 4 is 41.0 Å². The molecule has 3 heterocycles. The van der Waals surface area contributed by atoms with Crippen LogP contribution in [-0.2, 0) is 26.6 Å². The summed E-state index contributed by atoms with van der Waals surface area (Å²) in [6.07, 6.45) is 1.75. The van der Waals surface area contributed by atoms with E-state index in [2.05, 4.69) is 20.7 Å².